The van der Waals surface area contributed by atoms with E-state index in [0.29, 0.717) is 5.92 Å². The van der Waals surface area contributed by atoms with E-state index in [1.165, 1.54) is 29.7 Å². The molecule has 0 heterocycles. The molecule has 0 N–H and O–H groups in total. The molecule has 1 aliphatic rings. The first kappa shape index (κ1) is 10.6. The van der Waals surface area contributed by atoms with Crippen molar-refractivity contribution < 1.29 is 0 Å². The van der Waals surface area contributed by atoms with E-state index in [0.717, 1.165) is 11.3 Å². The molecular weight excluding hydrogens is 202 g/mol. The summed E-state index contributed by atoms with van der Waals surface area (Å²) in [5.41, 5.74) is 2.15. The molecule has 0 radical (unpaired) electrons. The highest BCUT2D eigenvalue weighted by atomic mass is 32.2. The van der Waals surface area contributed by atoms with E-state index in [1.54, 1.807) is 11.8 Å². The van der Waals surface area contributed by atoms with Gasteiger partial charge in [-0.1, -0.05) is 19.4 Å². The monoisotopic (exact) mass is 217 g/mol. The summed E-state index contributed by atoms with van der Waals surface area (Å²) in [4.78, 5) is 1.22. The van der Waals surface area contributed by atoms with Crippen LogP contribution in [0.1, 0.15) is 43.2 Å². The third-order valence-corrected chi connectivity index (χ3v) is 3.88. The van der Waals surface area contributed by atoms with E-state index >= 15 is 0 Å². The maximum absolute atomic E-state index is 9.12. The van der Waals surface area contributed by atoms with Crippen molar-refractivity contribution in [2.45, 2.75) is 37.0 Å². The Balaban J connectivity index is 2.27. The molecule has 15 heavy (non-hydrogen) atoms. The van der Waals surface area contributed by atoms with Gasteiger partial charge in [0.15, 0.2) is 0 Å². The van der Waals surface area contributed by atoms with Crippen LogP contribution in [0.3, 0.4) is 0 Å². The fourth-order valence-electron chi connectivity index (χ4n) is 1.96. The van der Waals surface area contributed by atoms with Crippen LogP contribution in [-0.4, -0.2) is 5.75 Å². The minimum Gasteiger partial charge on any atom is -0.192 e. The summed E-state index contributed by atoms with van der Waals surface area (Å²) in [6, 6.07) is 8.68. The van der Waals surface area contributed by atoms with Crippen molar-refractivity contribution in [3.8, 4) is 6.07 Å². The summed E-state index contributed by atoms with van der Waals surface area (Å²) in [6.07, 6.45) is 3.84. The van der Waals surface area contributed by atoms with E-state index in [-0.39, 0.29) is 0 Å². The number of nitriles is 1. The lowest BCUT2D eigenvalue weighted by Crippen LogP contribution is -2.10. The van der Waals surface area contributed by atoms with Gasteiger partial charge in [0.25, 0.3) is 0 Å². The van der Waals surface area contributed by atoms with Crippen LogP contribution >= 0.6 is 11.8 Å². The van der Waals surface area contributed by atoms with Crippen molar-refractivity contribution in [1.82, 2.24) is 0 Å². The van der Waals surface area contributed by atoms with E-state index < -0.39 is 0 Å². The molecule has 0 saturated heterocycles. The van der Waals surface area contributed by atoms with Gasteiger partial charge in [0.1, 0.15) is 0 Å². The molecule has 0 aliphatic heterocycles. The van der Waals surface area contributed by atoms with Crippen LogP contribution in [0.15, 0.2) is 23.1 Å². The van der Waals surface area contributed by atoms with Gasteiger partial charge in [-0.15, -0.1) is 11.8 Å². The summed E-state index contributed by atoms with van der Waals surface area (Å²) in [5.74, 6) is 1.72. The number of hydrogen-bond acceptors (Lipinski definition) is 2. The molecule has 2 rings (SSSR count). The van der Waals surface area contributed by atoms with Gasteiger partial charge in [-0.25, -0.2) is 0 Å². The fourth-order valence-corrected chi connectivity index (χ4v) is 2.66. The fraction of sp³-hybridized carbons (Fsp3) is 0.462. The molecule has 0 atom stereocenters. The zero-order valence-electron chi connectivity index (χ0n) is 8.99. The molecule has 0 bridgehead atoms. The number of rotatable bonds is 3. The van der Waals surface area contributed by atoms with Gasteiger partial charge in [-0.3, -0.25) is 0 Å². The molecule has 0 amide bonds. The Morgan fingerprint density at radius 1 is 1.47 bits per heavy atom. The van der Waals surface area contributed by atoms with Crippen LogP contribution in [0.4, 0.5) is 0 Å². The van der Waals surface area contributed by atoms with Crippen LogP contribution in [0.5, 0.6) is 0 Å². The summed E-state index contributed by atoms with van der Waals surface area (Å²) < 4.78 is 0. The highest BCUT2D eigenvalue weighted by Crippen LogP contribution is 2.38. The molecule has 2 heteroatoms. The van der Waals surface area contributed by atoms with Crippen molar-refractivity contribution in [3.63, 3.8) is 0 Å². The number of thioether (sulfide) groups is 1. The molecule has 1 saturated carbocycles. The predicted molar refractivity (Wildman–Crippen MR) is 64.1 cm³/mol. The smallest absolute Gasteiger partial charge is 0.0995 e. The second kappa shape index (κ2) is 4.72. The number of hydrogen-bond donors (Lipinski definition) is 0. The maximum atomic E-state index is 9.12. The second-order valence-electron chi connectivity index (χ2n) is 3.92. The molecule has 1 nitrogen and oxygen atoms in total. The van der Waals surface area contributed by atoms with E-state index in [9.17, 15) is 0 Å². The van der Waals surface area contributed by atoms with Crippen LogP contribution in [0, 0.1) is 11.3 Å². The molecule has 1 fully saturated rings. The van der Waals surface area contributed by atoms with E-state index in [4.69, 9.17) is 5.26 Å². The molecule has 1 aliphatic carbocycles. The predicted octanol–water partition coefficient (Wildman–Crippen LogP) is 3.94. The Kier molecular flexibility index (Phi) is 3.33. The normalized spacial score (nSPS) is 15.7. The zero-order valence-corrected chi connectivity index (χ0v) is 9.81. The summed E-state index contributed by atoms with van der Waals surface area (Å²) in [5, 5.41) is 9.12. The van der Waals surface area contributed by atoms with E-state index in [1.807, 2.05) is 6.07 Å². The van der Waals surface area contributed by atoms with Gasteiger partial charge >= 0.3 is 0 Å². The third-order valence-electron chi connectivity index (χ3n) is 3.00. The summed E-state index contributed by atoms with van der Waals surface area (Å²) in [7, 11) is 0. The van der Waals surface area contributed by atoms with Gasteiger partial charge in [0, 0.05) is 4.90 Å². The number of nitrogens with zero attached hydrogens (tertiary/aromatic N) is 1. The average Bonchev–Trinajstić information content (AvgIpc) is 2.18. The zero-order chi connectivity index (χ0) is 10.7. The van der Waals surface area contributed by atoms with E-state index in [2.05, 4.69) is 25.1 Å². The van der Waals surface area contributed by atoms with Crippen LogP contribution in [0.25, 0.3) is 0 Å². The third kappa shape index (κ3) is 2.18. The molecule has 78 valence electrons. The molecule has 0 spiro atoms. The highest BCUT2D eigenvalue weighted by molar-refractivity contribution is 7.99. The van der Waals surface area contributed by atoms with Crippen molar-refractivity contribution in [2.24, 2.45) is 0 Å². The SMILES string of the molecule is CCSc1ccc(C2CCC2)c(C#N)c1. The molecule has 0 unspecified atom stereocenters. The van der Waals surface area contributed by atoms with Crippen molar-refractivity contribution >= 4 is 11.8 Å². The molecular formula is C13H15NS. The lowest BCUT2D eigenvalue weighted by Gasteiger charge is -2.26. The largest absolute Gasteiger partial charge is 0.192 e. The van der Waals surface area contributed by atoms with Gasteiger partial charge in [0.2, 0.25) is 0 Å². The van der Waals surface area contributed by atoms with Crippen molar-refractivity contribution in [1.29, 1.82) is 5.26 Å². The Labute approximate surface area is 95.5 Å². The lowest BCUT2D eigenvalue weighted by molar-refractivity contribution is 0.419. The van der Waals surface area contributed by atoms with Gasteiger partial charge in [-0.2, -0.15) is 5.26 Å². The Bertz CT molecular complexity index is 388. The average molecular weight is 217 g/mol. The summed E-state index contributed by atoms with van der Waals surface area (Å²) >= 11 is 1.80. The van der Waals surface area contributed by atoms with Crippen LogP contribution in [0.2, 0.25) is 0 Å². The second-order valence-corrected chi connectivity index (χ2v) is 5.26. The van der Waals surface area contributed by atoms with Crippen LogP contribution in [-0.2, 0) is 0 Å². The molecule has 0 aromatic heterocycles. The molecule has 1 aromatic rings. The topological polar surface area (TPSA) is 23.8 Å². The minimum absolute atomic E-state index is 0.653. The van der Waals surface area contributed by atoms with Gasteiger partial charge in [0.05, 0.1) is 11.6 Å². The maximum Gasteiger partial charge on any atom is 0.0995 e. The molecule has 1 aromatic carbocycles. The van der Waals surface area contributed by atoms with Crippen LogP contribution < -0.4 is 0 Å². The Morgan fingerprint density at radius 3 is 2.80 bits per heavy atom. The van der Waals surface area contributed by atoms with Crippen molar-refractivity contribution in [3.05, 3.63) is 29.3 Å². The first-order chi connectivity index (χ1) is 7.35. The summed E-state index contributed by atoms with van der Waals surface area (Å²) in [6.45, 7) is 2.14. The quantitative estimate of drug-likeness (QED) is 0.716. The first-order valence-electron chi connectivity index (χ1n) is 5.52. The highest BCUT2D eigenvalue weighted by Gasteiger charge is 2.22. The van der Waals surface area contributed by atoms with Crippen molar-refractivity contribution in [2.75, 3.05) is 5.75 Å². The standard InChI is InChI=1S/C13H15NS/c1-2-15-12-6-7-13(10-4-3-5-10)11(8-12)9-14/h6-8,10H,2-5H2,1H3. The minimum atomic E-state index is 0.653. The van der Waals surface area contributed by atoms with Gasteiger partial charge in [-0.05, 0) is 42.2 Å². The number of benzene rings is 1. The lowest BCUT2D eigenvalue weighted by atomic mass is 9.78. The van der Waals surface area contributed by atoms with Gasteiger partial charge < -0.3 is 0 Å². The Morgan fingerprint density at radius 2 is 2.27 bits per heavy atom. The Hall–Kier alpha value is -0.940. The first-order valence-corrected chi connectivity index (χ1v) is 6.50.